The summed E-state index contributed by atoms with van der Waals surface area (Å²) in [4.78, 5) is 17.1. The van der Waals surface area contributed by atoms with E-state index in [4.69, 9.17) is 27.9 Å². The van der Waals surface area contributed by atoms with Crippen molar-refractivity contribution in [2.45, 2.75) is 12.5 Å². The first-order chi connectivity index (χ1) is 13.0. The Bertz CT molecular complexity index is 956. The maximum absolute atomic E-state index is 12.7. The van der Waals surface area contributed by atoms with E-state index in [1.54, 1.807) is 31.5 Å². The minimum absolute atomic E-state index is 0.160. The maximum Gasteiger partial charge on any atom is 0.225 e. The standard InChI is InChI=1S/C20H19Cl2N3O2/c1-25-10-9-23-20(25)19(14-5-3-4-6-17(14)27-2)24-18(26)12-13-7-8-15(21)16(22)11-13/h3-11,19H,12H2,1-2H3,(H,24,26). The van der Waals surface area contributed by atoms with Crippen molar-refractivity contribution in [1.82, 2.24) is 14.9 Å². The Labute approximate surface area is 167 Å². The third-order valence-corrected chi connectivity index (χ3v) is 4.96. The quantitative estimate of drug-likeness (QED) is 0.671. The number of ether oxygens (including phenoxy) is 1. The van der Waals surface area contributed by atoms with E-state index in [-0.39, 0.29) is 12.3 Å². The summed E-state index contributed by atoms with van der Waals surface area (Å²) < 4.78 is 7.34. The van der Waals surface area contributed by atoms with Gasteiger partial charge in [0.2, 0.25) is 5.91 Å². The first-order valence-electron chi connectivity index (χ1n) is 8.33. The number of imidazole rings is 1. The maximum atomic E-state index is 12.7. The van der Waals surface area contributed by atoms with Crippen LogP contribution in [0.1, 0.15) is 23.0 Å². The van der Waals surface area contributed by atoms with E-state index in [2.05, 4.69) is 10.3 Å². The Morgan fingerprint density at radius 2 is 2.00 bits per heavy atom. The van der Waals surface area contributed by atoms with Crippen molar-refractivity contribution in [2.75, 3.05) is 7.11 Å². The van der Waals surface area contributed by atoms with E-state index in [0.717, 1.165) is 11.1 Å². The molecule has 0 aliphatic heterocycles. The van der Waals surface area contributed by atoms with Gasteiger partial charge >= 0.3 is 0 Å². The molecule has 0 radical (unpaired) electrons. The number of benzene rings is 2. The summed E-state index contributed by atoms with van der Waals surface area (Å²) in [5, 5.41) is 3.94. The number of halogens is 2. The molecule has 3 rings (SSSR count). The van der Waals surface area contributed by atoms with Gasteiger partial charge < -0.3 is 14.6 Å². The normalized spacial score (nSPS) is 11.9. The fourth-order valence-corrected chi connectivity index (χ4v) is 3.21. The number of aromatic nitrogens is 2. The average molecular weight is 404 g/mol. The molecule has 0 saturated carbocycles. The average Bonchev–Trinajstić information content (AvgIpc) is 3.08. The van der Waals surface area contributed by atoms with E-state index in [9.17, 15) is 4.79 Å². The highest BCUT2D eigenvalue weighted by Crippen LogP contribution is 2.29. The van der Waals surface area contributed by atoms with Crippen molar-refractivity contribution < 1.29 is 9.53 Å². The minimum atomic E-state index is -0.448. The molecule has 5 nitrogen and oxygen atoms in total. The van der Waals surface area contributed by atoms with Crippen LogP contribution in [0.2, 0.25) is 10.0 Å². The lowest BCUT2D eigenvalue weighted by molar-refractivity contribution is -0.121. The molecule has 1 aromatic heterocycles. The summed E-state index contributed by atoms with van der Waals surface area (Å²) >= 11 is 12.0. The Balaban J connectivity index is 1.88. The van der Waals surface area contributed by atoms with Crippen LogP contribution in [0.3, 0.4) is 0 Å². The molecule has 7 heteroatoms. The van der Waals surface area contributed by atoms with Crippen LogP contribution < -0.4 is 10.1 Å². The van der Waals surface area contributed by atoms with Gasteiger partial charge in [-0.2, -0.15) is 0 Å². The molecule has 1 atom stereocenters. The highest BCUT2D eigenvalue weighted by molar-refractivity contribution is 6.42. The van der Waals surface area contributed by atoms with Gasteiger partial charge in [-0.05, 0) is 23.8 Å². The zero-order valence-electron chi connectivity index (χ0n) is 14.9. The number of aryl methyl sites for hydroxylation is 1. The molecule has 1 amide bonds. The van der Waals surface area contributed by atoms with E-state index >= 15 is 0 Å². The van der Waals surface area contributed by atoms with Gasteiger partial charge in [-0.25, -0.2) is 4.98 Å². The predicted molar refractivity (Wildman–Crippen MR) is 106 cm³/mol. The summed E-state index contributed by atoms with van der Waals surface area (Å²) in [5.41, 5.74) is 1.61. The highest BCUT2D eigenvalue weighted by Gasteiger charge is 2.23. The largest absolute Gasteiger partial charge is 0.496 e. The zero-order valence-corrected chi connectivity index (χ0v) is 16.5. The van der Waals surface area contributed by atoms with Gasteiger partial charge in [0.15, 0.2) is 0 Å². The second kappa shape index (κ2) is 8.46. The van der Waals surface area contributed by atoms with Crippen molar-refractivity contribution in [3.63, 3.8) is 0 Å². The van der Waals surface area contributed by atoms with Gasteiger partial charge in [0.25, 0.3) is 0 Å². The molecule has 0 saturated heterocycles. The monoisotopic (exact) mass is 403 g/mol. The van der Waals surface area contributed by atoms with Crippen LogP contribution in [0.25, 0.3) is 0 Å². The Morgan fingerprint density at radius 1 is 1.22 bits per heavy atom. The molecule has 2 aromatic carbocycles. The Hall–Kier alpha value is -2.50. The number of nitrogens with zero attached hydrogens (tertiary/aromatic N) is 2. The van der Waals surface area contributed by atoms with Crippen LogP contribution in [0.4, 0.5) is 0 Å². The lowest BCUT2D eigenvalue weighted by Gasteiger charge is -2.21. The number of hydrogen-bond donors (Lipinski definition) is 1. The third kappa shape index (κ3) is 4.43. The summed E-state index contributed by atoms with van der Waals surface area (Å²) in [6, 6.07) is 12.3. The van der Waals surface area contributed by atoms with Crippen molar-refractivity contribution in [3.8, 4) is 5.75 Å². The highest BCUT2D eigenvalue weighted by atomic mass is 35.5. The van der Waals surface area contributed by atoms with Crippen LogP contribution in [0.15, 0.2) is 54.9 Å². The van der Waals surface area contributed by atoms with Gasteiger partial charge in [-0.1, -0.05) is 47.5 Å². The predicted octanol–water partition coefficient (Wildman–Crippen LogP) is 4.18. The lowest BCUT2D eigenvalue weighted by Crippen LogP contribution is -2.32. The number of amides is 1. The molecule has 0 aliphatic rings. The molecule has 27 heavy (non-hydrogen) atoms. The lowest BCUT2D eigenvalue weighted by atomic mass is 10.0. The molecule has 1 unspecified atom stereocenters. The summed E-state index contributed by atoms with van der Waals surface area (Å²) in [6.45, 7) is 0. The second-order valence-corrected chi connectivity index (χ2v) is 6.88. The van der Waals surface area contributed by atoms with Gasteiger partial charge in [0, 0.05) is 25.0 Å². The van der Waals surface area contributed by atoms with Crippen LogP contribution >= 0.6 is 23.2 Å². The number of nitrogens with one attached hydrogen (secondary N) is 1. The fourth-order valence-electron chi connectivity index (χ4n) is 2.89. The van der Waals surface area contributed by atoms with E-state index in [1.165, 1.54) is 0 Å². The molecule has 0 aliphatic carbocycles. The molecule has 1 N–H and O–H groups in total. The Morgan fingerprint density at radius 3 is 2.67 bits per heavy atom. The molecular formula is C20H19Cl2N3O2. The number of para-hydroxylation sites is 1. The topological polar surface area (TPSA) is 56.1 Å². The molecule has 0 spiro atoms. The van der Waals surface area contributed by atoms with Crippen LogP contribution in [0.5, 0.6) is 5.75 Å². The number of carbonyl (C=O) groups excluding carboxylic acids is 1. The number of rotatable bonds is 6. The molecular weight excluding hydrogens is 385 g/mol. The van der Waals surface area contributed by atoms with E-state index in [1.807, 2.05) is 42.1 Å². The molecule has 1 heterocycles. The molecule has 0 fully saturated rings. The molecule has 0 bridgehead atoms. The van der Waals surface area contributed by atoms with E-state index < -0.39 is 6.04 Å². The Kier molecular flexibility index (Phi) is 6.04. The molecule has 140 valence electrons. The molecule has 3 aromatic rings. The smallest absolute Gasteiger partial charge is 0.225 e. The first kappa shape index (κ1) is 19.3. The van der Waals surface area contributed by atoms with Crippen molar-refractivity contribution in [1.29, 1.82) is 0 Å². The van der Waals surface area contributed by atoms with Gasteiger partial charge in [0.05, 0.1) is 23.6 Å². The fraction of sp³-hybridized carbons (Fsp3) is 0.200. The number of methoxy groups -OCH3 is 1. The summed E-state index contributed by atoms with van der Waals surface area (Å²) in [7, 11) is 3.49. The van der Waals surface area contributed by atoms with Crippen LogP contribution in [-0.4, -0.2) is 22.6 Å². The SMILES string of the molecule is COc1ccccc1C(NC(=O)Cc1ccc(Cl)c(Cl)c1)c1nccn1C. The van der Waals surface area contributed by atoms with Crippen LogP contribution in [-0.2, 0) is 18.3 Å². The second-order valence-electron chi connectivity index (χ2n) is 6.06. The van der Waals surface area contributed by atoms with Gasteiger partial charge in [-0.3, -0.25) is 4.79 Å². The van der Waals surface area contributed by atoms with Crippen molar-refractivity contribution >= 4 is 29.1 Å². The first-order valence-corrected chi connectivity index (χ1v) is 9.08. The minimum Gasteiger partial charge on any atom is -0.496 e. The van der Waals surface area contributed by atoms with E-state index in [0.29, 0.717) is 21.6 Å². The van der Waals surface area contributed by atoms with Crippen molar-refractivity contribution in [3.05, 3.63) is 81.9 Å². The summed E-state index contributed by atoms with van der Waals surface area (Å²) in [6.07, 6.45) is 3.71. The number of carbonyl (C=O) groups is 1. The van der Waals surface area contributed by atoms with Gasteiger partial charge in [0.1, 0.15) is 17.6 Å². The van der Waals surface area contributed by atoms with Gasteiger partial charge in [-0.15, -0.1) is 0 Å². The van der Waals surface area contributed by atoms with Crippen molar-refractivity contribution in [2.24, 2.45) is 7.05 Å². The summed E-state index contributed by atoms with van der Waals surface area (Å²) in [5.74, 6) is 1.23. The van der Waals surface area contributed by atoms with Crippen LogP contribution in [0, 0.1) is 0 Å². The third-order valence-electron chi connectivity index (χ3n) is 4.22. The zero-order chi connectivity index (χ0) is 19.4. The number of hydrogen-bond acceptors (Lipinski definition) is 3.